The average molecular weight is 268 g/mol. The third-order valence-electron chi connectivity index (χ3n) is 3.12. The zero-order chi connectivity index (χ0) is 11.7. The van der Waals surface area contributed by atoms with Gasteiger partial charge in [-0.15, -0.1) is 12.4 Å². The Labute approximate surface area is 113 Å². The van der Waals surface area contributed by atoms with Crippen LogP contribution in [-0.4, -0.2) is 44.9 Å². The maximum atomic E-state index is 4.52. The number of nitrogens with zero attached hydrogens (tertiary/aromatic N) is 4. The summed E-state index contributed by atoms with van der Waals surface area (Å²) in [5, 5.41) is 3.44. The van der Waals surface area contributed by atoms with Crippen LogP contribution in [0.25, 0.3) is 5.78 Å². The van der Waals surface area contributed by atoms with Crippen LogP contribution in [0.4, 0.5) is 0 Å². The second-order valence-electron chi connectivity index (χ2n) is 4.65. The number of piperazine rings is 1. The number of halogens is 1. The summed E-state index contributed by atoms with van der Waals surface area (Å²) in [5.41, 5.74) is 1.10. The predicted molar refractivity (Wildman–Crippen MR) is 73.0 cm³/mol. The smallest absolute Gasteiger partial charge is 0.233 e. The summed E-state index contributed by atoms with van der Waals surface area (Å²) in [6, 6.07) is 2.49. The zero-order valence-electron chi connectivity index (χ0n) is 10.4. The van der Waals surface area contributed by atoms with E-state index in [0.717, 1.165) is 37.7 Å². The molecule has 98 valence electrons. The molecule has 0 aliphatic carbocycles. The first-order chi connectivity index (χ1) is 8.31. The minimum atomic E-state index is 0. The molecule has 1 aliphatic rings. The van der Waals surface area contributed by atoms with Crippen molar-refractivity contribution in [3.8, 4) is 0 Å². The second kappa shape index (κ2) is 5.65. The predicted octanol–water partition coefficient (Wildman–Crippen LogP) is 0.945. The summed E-state index contributed by atoms with van der Waals surface area (Å²) >= 11 is 0. The van der Waals surface area contributed by atoms with Crippen molar-refractivity contribution in [2.45, 2.75) is 19.5 Å². The van der Waals surface area contributed by atoms with E-state index in [-0.39, 0.29) is 12.4 Å². The van der Waals surface area contributed by atoms with Crippen molar-refractivity contribution in [1.82, 2.24) is 24.6 Å². The lowest BCUT2D eigenvalue weighted by Gasteiger charge is -2.31. The molecule has 0 saturated carbocycles. The lowest BCUT2D eigenvalue weighted by atomic mass is 10.2. The van der Waals surface area contributed by atoms with Gasteiger partial charge in [0.25, 0.3) is 0 Å². The first-order valence-electron chi connectivity index (χ1n) is 6.05. The number of imidazole rings is 1. The van der Waals surface area contributed by atoms with Gasteiger partial charge in [0.2, 0.25) is 5.78 Å². The third kappa shape index (κ3) is 2.80. The molecule has 0 radical (unpaired) electrons. The minimum absolute atomic E-state index is 0. The van der Waals surface area contributed by atoms with Crippen LogP contribution in [0.15, 0.2) is 24.7 Å². The number of hydrogen-bond donors (Lipinski definition) is 1. The molecule has 0 bridgehead atoms. The van der Waals surface area contributed by atoms with Gasteiger partial charge in [-0.3, -0.25) is 9.30 Å². The van der Waals surface area contributed by atoms with Crippen LogP contribution in [0.5, 0.6) is 0 Å². The van der Waals surface area contributed by atoms with Gasteiger partial charge < -0.3 is 5.32 Å². The molecule has 2 aromatic heterocycles. The molecule has 0 spiro atoms. The fourth-order valence-corrected chi connectivity index (χ4v) is 2.34. The maximum absolute atomic E-state index is 4.52. The molecule has 1 aliphatic heterocycles. The molecule has 3 heterocycles. The molecule has 1 atom stereocenters. The van der Waals surface area contributed by atoms with Gasteiger partial charge in [0, 0.05) is 50.8 Å². The zero-order valence-corrected chi connectivity index (χ0v) is 11.2. The average Bonchev–Trinajstić information content (AvgIpc) is 2.71. The van der Waals surface area contributed by atoms with Crippen molar-refractivity contribution in [3.05, 3.63) is 30.4 Å². The van der Waals surface area contributed by atoms with Crippen LogP contribution in [0.3, 0.4) is 0 Å². The number of fused-ring (bicyclic) bond motifs is 1. The largest absolute Gasteiger partial charge is 0.312 e. The number of rotatable bonds is 2. The third-order valence-corrected chi connectivity index (χ3v) is 3.12. The van der Waals surface area contributed by atoms with E-state index < -0.39 is 0 Å². The first-order valence-corrected chi connectivity index (χ1v) is 6.05. The van der Waals surface area contributed by atoms with Crippen LogP contribution < -0.4 is 5.32 Å². The monoisotopic (exact) mass is 267 g/mol. The van der Waals surface area contributed by atoms with E-state index in [1.165, 1.54) is 0 Å². The summed E-state index contributed by atoms with van der Waals surface area (Å²) in [6.45, 7) is 6.37. The van der Waals surface area contributed by atoms with Crippen molar-refractivity contribution in [1.29, 1.82) is 0 Å². The molecule has 5 nitrogen and oxygen atoms in total. The molecular formula is C12H18ClN5. The van der Waals surface area contributed by atoms with E-state index in [9.17, 15) is 0 Å². The lowest BCUT2D eigenvalue weighted by Crippen LogP contribution is -2.48. The number of nitrogens with one attached hydrogen (secondary N) is 1. The summed E-state index contributed by atoms with van der Waals surface area (Å²) in [7, 11) is 0. The van der Waals surface area contributed by atoms with Crippen molar-refractivity contribution in [3.63, 3.8) is 0 Å². The summed E-state index contributed by atoms with van der Waals surface area (Å²) < 4.78 is 1.97. The van der Waals surface area contributed by atoms with E-state index in [1.54, 1.807) is 6.20 Å². The fourth-order valence-electron chi connectivity index (χ4n) is 2.34. The molecule has 1 unspecified atom stereocenters. The van der Waals surface area contributed by atoms with Gasteiger partial charge in [-0.05, 0) is 13.0 Å². The molecule has 1 saturated heterocycles. The molecule has 18 heavy (non-hydrogen) atoms. The highest BCUT2D eigenvalue weighted by Crippen LogP contribution is 2.07. The summed E-state index contributed by atoms with van der Waals surface area (Å²) in [6.07, 6.45) is 5.83. The molecule has 1 fully saturated rings. The first kappa shape index (κ1) is 13.3. The lowest BCUT2D eigenvalue weighted by molar-refractivity contribution is 0.198. The van der Waals surface area contributed by atoms with Crippen LogP contribution in [0.2, 0.25) is 0 Å². The van der Waals surface area contributed by atoms with E-state index >= 15 is 0 Å². The molecule has 6 heteroatoms. The van der Waals surface area contributed by atoms with Crippen LogP contribution in [0, 0.1) is 0 Å². The fraction of sp³-hybridized carbons (Fsp3) is 0.500. The van der Waals surface area contributed by atoms with E-state index in [2.05, 4.69) is 33.3 Å². The van der Waals surface area contributed by atoms with Gasteiger partial charge in [-0.25, -0.2) is 9.97 Å². The Morgan fingerprint density at radius 2 is 2.39 bits per heavy atom. The molecule has 2 aromatic rings. The Balaban J connectivity index is 0.00000120. The van der Waals surface area contributed by atoms with Gasteiger partial charge in [0.1, 0.15) is 0 Å². The topological polar surface area (TPSA) is 45.5 Å². The Hall–Kier alpha value is -1.17. The highest BCUT2D eigenvalue weighted by Gasteiger charge is 2.16. The molecular weight excluding hydrogens is 250 g/mol. The Morgan fingerprint density at radius 1 is 1.50 bits per heavy atom. The highest BCUT2D eigenvalue weighted by molar-refractivity contribution is 5.85. The Morgan fingerprint density at radius 3 is 3.17 bits per heavy atom. The van der Waals surface area contributed by atoms with E-state index in [0.29, 0.717) is 6.04 Å². The molecule has 3 rings (SSSR count). The normalized spacial score (nSPS) is 20.8. The molecule has 0 aromatic carbocycles. The second-order valence-corrected chi connectivity index (χ2v) is 4.65. The van der Waals surface area contributed by atoms with Crippen LogP contribution >= 0.6 is 12.4 Å². The standard InChI is InChI=1S/C12H17N5.ClH/c1-10-7-16(6-4-13-10)8-11-9-17-5-2-3-14-12(17)15-11;/h2-3,5,9-10,13H,4,6-8H2,1H3;1H. The highest BCUT2D eigenvalue weighted by atomic mass is 35.5. The number of aromatic nitrogens is 3. The van der Waals surface area contributed by atoms with E-state index in [4.69, 9.17) is 0 Å². The SMILES string of the molecule is CC1CN(Cc2cn3cccnc3n2)CCN1.Cl. The van der Waals surface area contributed by atoms with Crippen molar-refractivity contribution < 1.29 is 0 Å². The van der Waals surface area contributed by atoms with Crippen molar-refractivity contribution >= 4 is 18.2 Å². The van der Waals surface area contributed by atoms with Crippen LogP contribution in [0.1, 0.15) is 12.6 Å². The van der Waals surface area contributed by atoms with Gasteiger partial charge >= 0.3 is 0 Å². The summed E-state index contributed by atoms with van der Waals surface area (Å²) in [4.78, 5) is 11.2. The Kier molecular flexibility index (Phi) is 4.16. The Bertz CT molecular complexity index is 479. The quantitative estimate of drug-likeness (QED) is 0.880. The van der Waals surface area contributed by atoms with Crippen molar-refractivity contribution in [2.75, 3.05) is 19.6 Å². The van der Waals surface area contributed by atoms with Gasteiger partial charge in [0.15, 0.2) is 0 Å². The van der Waals surface area contributed by atoms with Crippen LogP contribution in [-0.2, 0) is 6.54 Å². The minimum Gasteiger partial charge on any atom is -0.312 e. The van der Waals surface area contributed by atoms with E-state index in [1.807, 2.05) is 16.7 Å². The van der Waals surface area contributed by atoms with Crippen molar-refractivity contribution in [2.24, 2.45) is 0 Å². The summed E-state index contributed by atoms with van der Waals surface area (Å²) in [5.74, 6) is 0.783. The van der Waals surface area contributed by atoms with Gasteiger partial charge in [0.05, 0.1) is 5.69 Å². The molecule has 1 N–H and O–H groups in total. The van der Waals surface area contributed by atoms with Gasteiger partial charge in [-0.1, -0.05) is 0 Å². The maximum Gasteiger partial charge on any atom is 0.233 e. The molecule has 0 amide bonds. The number of hydrogen-bond acceptors (Lipinski definition) is 4. The van der Waals surface area contributed by atoms with Gasteiger partial charge in [-0.2, -0.15) is 0 Å².